The Labute approximate surface area is 201 Å². The topological polar surface area (TPSA) is 66.4 Å². The maximum absolute atomic E-state index is 6.46. The van der Waals surface area contributed by atoms with Crippen molar-refractivity contribution in [1.29, 1.82) is 0 Å². The second-order valence-corrected chi connectivity index (χ2v) is 9.21. The quantitative estimate of drug-likeness (QED) is 0.306. The molecule has 1 aliphatic rings. The third kappa shape index (κ3) is 4.08. The van der Waals surface area contributed by atoms with Crippen LogP contribution in [0.2, 0.25) is 0 Å². The van der Waals surface area contributed by atoms with Crippen molar-refractivity contribution in [3.8, 4) is 11.5 Å². The van der Waals surface area contributed by atoms with Crippen molar-refractivity contribution in [2.24, 2.45) is 0 Å². The normalized spacial score (nSPS) is 12.6. The minimum absolute atomic E-state index is 0.626. The highest BCUT2D eigenvalue weighted by Crippen LogP contribution is 2.30. The van der Waals surface area contributed by atoms with Gasteiger partial charge >= 0.3 is 15.1 Å². The van der Waals surface area contributed by atoms with Crippen molar-refractivity contribution >= 4 is 42.7 Å². The van der Waals surface area contributed by atoms with Gasteiger partial charge in [-0.2, -0.15) is 0 Å². The van der Waals surface area contributed by atoms with Gasteiger partial charge in [-0.05, 0) is 54.8 Å². The summed E-state index contributed by atoms with van der Waals surface area (Å²) < 4.78 is 19.3. The molecule has 6 rings (SSSR count). The van der Waals surface area contributed by atoms with Crippen LogP contribution in [0.15, 0.2) is 97.5 Å². The zero-order chi connectivity index (χ0) is 22.7. The van der Waals surface area contributed by atoms with Crippen molar-refractivity contribution < 1.29 is 11.4 Å². The first kappa shape index (κ1) is 20.7. The molecule has 1 aliphatic carbocycles. The van der Waals surface area contributed by atoms with Crippen LogP contribution in [-0.2, 0) is 10.2 Å². The van der Waals surface area contributed by atoms with Gasteiger partial charge in [0.1, 0.15) is 34.0 Å². The van der Waals surface area contributed by atoms with Gasteiger partial charge in [0.05, 0.1) is 0 Å². The van der Waals surface area contributed by atoms with Gasteiger partial charge in [0.25, 0.3) is 0 Å². The number of hydrogen-bond acceptors (Lipinski definition) is 6. The van der Waals surface area contributed by atoms with E-state index in [0.717, 1.165) is 45.9 Å². The van der Waals surface area contributed by atoms with Gasteiger partial charge in [0.15, 0.2) is 0 Å². The van der Waals surface area contributed by atoms with E-state index in [1.807, 2.05) is 66.7 Å². The highest BCUT2D eigenvalue weighted by atomic mass is 27.3. The largest absolute Gasteiger partial charge is 1.20 e. The lowest BCUT2D eigenvalue weighted by Crippen LogP contribution is -2.34. The van der Waals surface area contributed by atoms with Gasteiger partial charge in [0.2, 0.25) is 0 Å². The van der Waals surface area contributed by atoms with Crippen molar-refractivity contribution in [3.05, 3.63) is 109 Å². The molecule has 0 bridgehead atoms. The molecule has 34 heavy (non-hydrogen) atoms. The zero-order valence-corrected chi connectivity index (χ0v) is 19.5. The fraction of sp³-hybridized carbons (Fsp3) is 0.0741. The van der Waals surface area contributed by atoms with Crippen LogP contribution in [0.25, 0.3) is 27.6 Å². The summed E-state index contributed by atoms with van der Waals surface area (Å²) >= 11 is -2.82. The van der Waals surface area contributed by atoms with Gasteiger partial charge in [-0.1, -0.05) is 42.5 Å². The molecule has 0 unspecified atom stereocenters. The van der Waals surface area contributed by atoms with E-state index in [2.05, 4.69) is 27.1 Å². The molecule has 0 spiro atoms. The van der Waals surface area contributed by atoms with Crippen LogP contribution in [0.3, 0.4) is 0 Å². The molecule has 164 valence electrons. The van der Waals surface area contributed by atoms with Crippen LogP contribution in [-0.4, -0.2) is 30.1 Å². The molecule has 0 atom stereocenters. The lowest BCUT2D eigenvalue weighted by Gasteiger charge is -2.22. The molecule has 2 aromatic carbocycles. The van der Waals surface area contributed by atoms with Gasteiger partial charge in [-0.25, -0.2) is 0 Å². The summed E-state index contributed by atoms with van der Waals surface area (Å²) in [4.78, 5) is 13.6. The number of hydrogen-bond donors (Lipinski definition) is 0. The van der Waals surface area contributed by atoms with Crippen molar-refractivity contribution in [2.45, 2.75) is 12.8 Å². The van der Waals surface area contributed by atoms with Crippen LogP contribution >= 0.6 is 0 Å². The monoisotopic (exact) mass is 461 g/mol. The minimum Gasteiger partial charge on any atom is -0.576 e. The first-order valence-electron chi connectivity index (χ1n) is 11.2. The number of aryl methyl sites for hydroxylation is 1. The first-order chi connectivity index (χ1) is 16.8. The molecule has 0 aliphatic heterocycles. The maximum atomic E-state index is 6.46. The van der Waals surface area contributed by atoms with E-state index in [0.29, 0.717) is 17.3 Å². The molecule has 0 N–H and O–H groups in total. The van der Waals surface area contributed by atoms with Crippen molar-refractivity contribution in [2.75, 3.05) is 0 Å². The Morgan fingerprint density at radius 2 is 1.21 bits per heavy atom. The highest BCUT2D eigenvalue weighted by Gasteiger charge is 2.46. The lowest BCUT2D eigenvalue weighted by molar-refractivity contribution is 0.290. The number of pyridine rings is 3. The molecule has 3 aromatic heterocycles. The Hall–Kier alpha value is -3.92. The summed E-state index contributed by atoms with van der Waals surface area (Å²) in [5.41, 5.74) is 3.53. The van der Waals surface area contributed by atoms with Crippen LogP contribution in [0.4, 0.5) is 0 Å². The second-order valence-electron chi connectivity index (χ2n) is 7.92. The van der Waals surface area contributed by atoms with Gasteiger partial charge in [-0.15, -0.1) is 0 Å². The average Bonchev–Trinajstić information content (AvgIpc) is 2.89. The van der Waals surface area contributed by atoms with E-state index in [4.69, 9.17) is 11.4 Å². The van der Waals surface area contributed by atoms with Crippen molar-refractivity contribution in [1.82, 2.24) is 15.0 Å². The first-order valence-corrected chi connectivity index (χ1v) is 12.6. The van der Waals surface area contributed by atoms with E-state index in [1.165, 1.54) is 0 Å². The van der Waals surface area contributed by atoms with Crippen LogP contribution in [0, 0.1) is 0 Å². The highest BCUT2D eigenvalue weighted by molar-refractivity contribution is 6.40. The summed E-state index contributed by atoms with van der Waals surface area (Å²) in [6.07, 6.45) is 9.16. The molecule has 0 amide bonds. The SMILES string of the molecule is C1=C([O][Al]([O]c2cccc3cccnc23)[O]c2cccc3cccnc23)c2ncccc2CC1. The number of fused-ring (bicyclic) bond motifs is 3. The summed E-state index contributed by atoms with van der Waals surface area (Å²) in [5, 5.41) is 1.98. The molecular formula is C27H20AlN3O3. The van der Waals surface area contributed by atoms with Crippen molar-refractivity contribution in [3.63, 3.8) is 0 Å². The fourth-order valence-electron chi connectivity index (χ4n) is 4.15. The summed E-state index contributed by atoms with van der Waals surface area (Å²) in [5.74, 6) is 1.95. The van der Waals surface area contributed by atoms with E-state index in [1.54, 1.807) is 18.6 Å². The molecule has 0 fully saturated rings. The number of aromatic nitrogens is 3. The Morgan fingerprint density at radius 3 is 1.88 bits per heavy atom. The zero-order valence-electron chi connectivity index (χ0n) is 18.3. The summed E-state index contributed by atoms with van der Waals surface area (Å²) in [6.45, 7) is 0. The predicted molar refractivity (Wildman–Crippen MR) is 132 cm³/mol. The number of para-hydroxylation sites is 2. The van der Waals surface area contributed by atoms with Crippen LogP contribution in [0.1, 0.15) is 17.7 Å². The Morgan fingerprint density at radius 1 is 0.618 bits per heavy atom. The molecule has 7 heteroatoms. The fourth-order valence-corrected chi connectivity index (χ4v) is 5.50. The van der Waals surface area contributed by atoms with Gasteiger partial charge in [0, 0.05) is 29.4 Å². The van der Waals surface area contributed by atoms with E-state index >= 15 is 0 Å². The molecule has 3 heterocycles. The predicted octanol–water partition coefficient (Wildman–Crippen LogP) is 5.62. The molecule has 0 saturated heterocycles. The molecule has 0 radical (unpaired) electrons. The Balaban J connectivity index is 1.39. The molecule has 0 saturated carbocycles. The number of rotatable bonds is 6. The lowest BCUT2D eigenvalue weighted by atomic mass is 10.0. The second kappa shape index (κ2) is 9.14. The smallest absolute Gasteiger partial charge is 0.576 e. The van der Waals surface area contributed by atoms with Crippen LogP contribution < -0.4 is 7.58 Å². The Kier molecular flexibility index (Phi) is 5.56. The number of benzene rings is 2. The van der Waals surface area contributed by atoms with Gasteiger partial charge < -0.3 is 11.4 Å². The minimum atomic E-state index is -2.82. The molecule has 5 aromatic rings. The average molecular weight is 461 g/mol. The molecule has 6 nitrogen and oxygen atoms in total. The van der Waals surface area contributed by atoms with Crippen LogP contribution in [0.5, 0.6) is 11.5 Å². The standard InChI is InChI=1S/C9H9NO.2C9H7NO.Al/c3*11-8-5-1-3-7-4-2-6-10-9(7)8;/h2,4-6,11H,1,3H2;2*1-6,11H;/q;;;+3/p-3. The third-order valence-corrected chi connectivity index (χ3v) is 7.07. The third-order valence-electron chi connectivity index (χ3n) is 5.73. The number of allylic oxidation sites excluding steroid dienone is 1. The van der Waals surface area contributed by atoms with E-state index in [9.17, 15) is 0 Å². The number of nitrogens with zero attached hydrogens (tertiary/aromatic N) is 3. The maximum Gasteiger partial charge on any atom is 1.20 e. The summed E-state index contributed by atoms with van der Waals surface area (Å²) in [7, 11) is 0. The summed E-state index contributed by atoms with van der Waals surface area (Å²) in [6, 6.07) is 23.6. The van der Waals surface area contributed by atoms with Gasteiger partial charge in [-0.3, -0.25) is 15.0 Å². The Bertz CT molecular complexity index is 1430. The van der Waals surface area contributed by atoms with E-state index in [-0.39, 0.29) is 0 Å². The van der Waals surface area contributed by atoms with E-state index < -0.39 is 15.1 Å². The molecular weight excluding hydrogens is 441 g/mol.